The van der Waals surface area contributed by atoms with E-state index in [1.807, 2.05) is 0 Å². The maximum Gasteiger partial charge on any atom is 0.250 e. The summed E-state index contributed by atoms with van der Waals surface area (Å²) in [5.41, 5.74) is 0. The smallest absolute Gasteiger partial charge is 0.250 e. The van der Waals surface area contributed by atoms with Crippen LogP contribution >= 0.6 is 25.5 Å². The molecule has 1 aliphatic rings. The van der Waals surface area contributed by atoms with E-state index in [0.717, 1.165) is 23.7 Å². The van der Waals surface area contributed by atoms with Crippen molar-refractivity contribution in [3.8, 4) is 0 Å². The van der Waals surface area contributed by atoms with Gasteiger partial charge in [0, 0.05) is 0 Å². The van der Waals surface area contributed by atoms with Crippen molar-refractivity contribution in [1.82, 2.24) is 4.86 Å². The molecule has 1 atom stereocenters. The van der Waals surface area contributed by atoms with Gasteiger partial charge in [-0.25, -0.2) is 0 Å². The second kappa shape index (κ2) is 5.24. The van der Waals surface area contributed by atoms with E-state index in [2.05, 4.69) is 27.7 Å². The summed E-state index contributed by atoms with van der Waals surface area (Å²) in [6.45, 7) is 5.02. The molecule has 0 fully saturated rings. The Labute approximate surface area is 70.9 Å². The van der Waals surface area contributed by atoms with Crippen molar-refractivity contribution in [1.29, 1.82) is 0 Å². The molecule has 0 spiro atoms. The molecular weight excluding hydrogens is 199 g/mol. The first-order valence-corrected chi connectivity index (χ1v) is 6.14. The second-order valence-corrected chi connectivity index (χ2v) is 5.84. The lowest BCUT2D eigenvalue weighted by Gasteiger charge is -2.12. The molecule has 1 rings (SSSR count). The van der Waals surface area contributed by atoms with Gasteiger partial charge in [-0.05, 0) is 5.92 Å². The molecule has 7 heteroatoms. The maximum atomic E-state index is 5.46. The minimum Gasteiger partial charge on any atom is -0.325 e. The lowest BCUT2D eigenvalue weighted by Crippen LogP contribution is -2.01. The van der Waals surface area contributed by atoms with Crippen LogP contribution in [-0.2, 0) is 4.52 Å². The summed E-state index contributed by atoms with van der Waals surface area (Å²) in [4.78, 5) is 3.05. The molecule has 1 N–H and O–H groups in total. The molecule has 0 aliphatic carbocycles. The zero-order chi connectivity index (χ0) is 8.10. The topological polar surface area (TPSA) is 46.0 Å². The van der Waals surface area contributed by atoms with Crippen LogP contribution in [0.4, 0.5) is 0 Å². The van der Waals surface area contributed by atoms with Crippen LogP contribution in [-0.4, -0.2) is 6.61 Å². The third-order valence-corrected chi connectivity index (χ3v) is 3.95. The summed E-state index contributed by atoms with van der Waals surface area (Å²) in [7, 11) is 0.944. The summed E-state index contributed by atoms with van der Waals surface area (Å²) in [5, 5.41) is 0. The van der Waals surface area contributed by atoms with Gasteiger partial charge in [0.1, 0.15) is 8.52 Å². The predicted octanol–water partition coefficient (Wildman–Crippen LogP) is 3.58. The van der Waals surface area contributed by atoms with Crippen molar-refractivity contribution in [2.75, 3.05) is 6.61 Å². The third-order valence-electron chi connectivity index (χ3n) is 0.866. The fraction of sp³-hybridized carbons (Fsp3) is 1.00. The van der Waals surface area contributed by atoms with Crippen molar-refractivity contribution in [2.24, 2.45) is 14.9 Å². The van der Waals surface area contributed by atoms with Crippen LogP contribution in [0, 0.1) is 5.92 Å². The minimum absolute atomic E-state index is 0.571. The summed E-state index contributed by atoms with van der Waals surface area (Å²) >= 11 is 0. The summed E-state index contributed by atoms with van der Waals surface area (Å²) < 4.78 is 13.5. The molecule has 0 saturated carbocycles. The first-order chi connectivity index (χ1) is 5.29. The van der Waals surface area contributed by atoms with Crippen LogP contribution in [0.25, 0.3) is 0 Å². The van der Waals surface area contributed by atoms with Gasteiger partial charge in [-0.2, -0.15) is 13.9 Å². The lowest BCUT2D eigenvalue weighted by molar-refractivity contribution is 0.297. The lowest BCUT2D eigenvalue weighted by atomic mass is 10.2. The average Bonchev–Trinajstić information content (AvgIpc) is 2.03. The van der Waals surface area contributed by atoms with E-state index in [1.54, 1.807) is 0 Å². The molecule has 0 aromatic rings. The Balaban J connectivity index is 2.17. The van der Waals surface area contributed by atoms with E-state index >= 15 is 0 Å². The first-order valence-electron chi connectivity index (χ1n) is 3.28. The molecule has 0 radical (unpaired) electrons. The van der Waals surface area contributed by atoms with Crippen molar-refractivity contribution in [3.63, 3.8) is 0 Å². The molecule has 0 amide bonds. The van der Waals surface area contributed by atoms with E-state index < -0.39 is 8.45 Å². The molecule has 0 aromatic carbocycles. The largest absolute Gasteiger partial charge is 0.325 e. The van der Waals surface area contributed by atoms with Gasteiger partial charge in [-0.1, -0.05) is 13.8 Å². The maximum absolute atomic E-state index is 5.46. The van der Waals surface area contributed by atoms with Crippen molar-refractivity contribution in [3.05, 3.63) is 0 Å². The van der Waals surface area contributed by atoms with Gasteiger partial charge in [0.2, 0.25) is 8.45 Å². The molecule has 0 bridgehead atoms. The fourth-order valence-corrected chi connectivity index (χ4v) is 3.57. The predicted molar refractivity (Wildman–Crippen MR) is 49.5 cm³/mol. The second-order valence-electron chi connectivity index (χ2n) is 2.43. The molecule has 0 aromatic heterocycles. The quantitative estimate of drug-likeness (QED) is 0.722. The Hall–Kier alpha value is 0.550. The Kier molecular flexibility index (Phi) is 4.59. The first kappa shape index (κ1) is 9.64. The van der Waals surface area contributed by atoms with E-state index in [4.69, 9.17) is 4.52 Å². The zero-order valence-corrected chi connectivity index (χ0v) is 9.11. The van der Waals surface area contributed by atoms with Crippen molar-refractivity contribution in [2.45, 2.75) is 13.8 Å². The molecular formula is C4H10N3OP3. The normalized spacial score (nSPS) is 25.9. The monoisotopic (exact) mass is 209 g/mol. The average molecular weight is 209 g/mol. The van der Waals surface area contributed by atoms with Crippen LogP contribution in [0.15, 0.2) is 9.03 Å². The highest BCUT2D eigenvalue weighted by molar-refractivity contribution is 7.63. The summed E-state index contributed by atoms with van der Waals surface area (Å²) in [5.74, 6) is 0.571. The molecule has 62 valence electrons. The minimum atomic E-state index is -0.748. The van der Waals surface area contributed by atoms with Gasteiger partial charge in [-0.15, -0.1) is 0 Å². The standard InChI is InChI=1S/C4H10N3OP3/c1-4(2)3-8-11-6-9-5-10-7-11/h4H,3H2,1-2H3,(H,5,6,7). The van der Waals surface area contributed by atoms with E-state index in [1.165, 1.54) is 0 Å². The number of hydrogen-bond donors (Lipinski definition) is 1. The van der Waals surface area contributed by atoms with Gasteiger partial charge in [-0.3, -0.25) is 0 Å². The Morgan fingerprint density at radius 1 is 1.64 bits per heavy atom. The SMILES string of the molecule is CC(C)COP1N=PN=PN1. The van der Waals surface area contributed by atoms with Crippen molar-refractivity contribution >= 4 is 25.5 Å². The Morgan fingerprint density at radius 3 is 3.00 bits per heavy atom. The Morgan fingerprint density at radius 2 is 2.45 bits per heavy atom. The molecule has 4 nitrogen and oxygen atoms in total. The van der Waals surface area contributed by atoms with Gasteiger partial charge in [0.25, 0.3) is 0 Å². The molecule has 1 aliphatic heterocycles. The highest BCUT2D eigenvalue weighted by Gasteiger charge is 2.09. The van der Waals surface area contributed by atoms with E-state index in [9.17, 15) is 0 Å². The van der Waals surface area contributed by atoms with Gasteiger partial charge in [0.15, 0.2) is 8.52 Å². The van der Waals surface area contributed by atoms with E-state index in [-0.39, 0.29) is 0 Å². The van der Waals surface area contributed by atoms with Crippen LogP contribution < -0.4 is 4.86 Å². The molecule has 11 heavy (non-hydrogen) atoms. The summed E-state index contributed by atoms with van der Waals surface area (Å²) in [6.07, 6.45) is 0. The van der Waals surface area contributed by atoms with Crippen molar-refractivity contribution < 1.29 is 4.52 Å². The fourth-order valence-electron chi connectivity index (χ4n) is 0.427. The van der Waals surface area contributed by atoms with E-state index in [0.29, 0.717) is 5.92 Å². The van der Waals surface area contributed by atoms with Crippen LogP contribution in [0.1, 0.15) is 13.8 Å². The third kappa shape index (κ3) is 4.20. The zero-order valence-electron chi connectivity index (χ0n) is 6.43. The molecule has 1 unspecified atom stereocenters. The number of rotatable bonds is 3. The van der Waals surface area contributed by atoms with Gasteiger partial charge < -0.3 is 4.52 Å². The highest BCUT2D eigenvalue weighted by Crippen LogP contribution is 2.44. The molecule has 0 saturated heterocycles. The molecule has 1 heterocycles. The van der Waals surface area contributed by atoms with Crippen LogP contribution in [0.5, 0.6) is 0 Å². The van der Waals surface area contributed by atoms with Gasteiger partial charge in [0.05, 0.1) is 6.61 Å². The number of hydrogen-bond acceptors (Lipinski definition) is 4. The van der Waals surface area contributed by atoms with Gasteiger partial charge >= 0.3 is 0 Å². The Bertz CT molecular complexity index is 172. The highest BCUT2D eigenvalue weighted by atomic mass is 31.2. The number of nitrogens with one attached hydrogen (secondary N) is 1. The van der Waals surface area contributed by atoms with Crippen LogP contribution in [0.3, 0.4) is 0 Å². The summed E-state index contributed by atoms with van der Waals surface area (Å²) in [6, 6.07) is 0. The number of nitrogens with zero attached hydrogens (tertiary/aromatic N) is 2. The van der Waals surface area contributed by atoms with Crippen LogP contribution in [0.2, 0.25) is 0 Å².